The standard InChI is InChI=1S/C22H17N3O4S2/c26-14(23-13-9-5-2-6-10-13)11-25-21-18(31-22(25)29)15(12-7-3-1-4-8-12)16-17(30-21)20(28)24-19(16)27/h1-10,15-17H,11H2,(H,23,26)(H,24,27,28). The number of nitrogens with zero attached hydrogens (tertiary/aromatic N) is 1. The average Bonchev–Trinajstić information content (AvgIpc) is 3.23. The van der Waals surface area contributed by atoms with E-state index < -0.39 is 17.1 Å². The number of anilines is 1. The number of hydrogen-bond acceptors (Lipinski definition) is 6. The zero-order chi connectivity index (χ0) is 21.5. The number of imide groups is 1. The summed E-state index contributed by atoms with van der Waals surface area (Å²) in [5.41, 5.74) is 1.51. The van der Waals surface area contributed by atoms with Gasteiger partial charge in [0.2, 0.25) is 17.7 Å². The van der Waals surface area contributed by atoms with Gasteiger partial charge in [-0.3, -0.25) is 29.1 Å². The Bertz CT molecular complexity index is 1240. The highest BCUT2D eigenvalue weighted by atomic mass is 32.2. The number of fused-ring (bicyclic) bond motifs is 2. The maximum absolute atomic E-state index is 12.9. The van der Waals surface area contributed by atoms with Gasteiger partial charge >= 0.3 is 4.87 Å². The van der Waals surface area contributed by atoms with Crippen molar-refractivity contribution in [1.82, 2.24) is 9.88 Å². The number of benzene rings is 2. The van der Waals surface area contributed by atoms with Crippen LogP contribution in [0.15, 0.2) is 70.5 Å². The third-order valence-corrected chi connectivity index (χ3v) is 8.02. The minimum absolute atomic E-state index is 0.166. The number of para-hydroxylation sites is 1. The van der Waals surface area contributed by atoms with Crippen molar-refractivity contribution in [3.63, 3.8) is 0 Å². The van der Waals surface area contributed by atoms with E-state index in [0.29, 0.717) is 10.7 Å². The molecule has 2 aliphatic rings. The predicted octanol–water partition coefficient (Wildman–Crippen LogP) is 2.43. The number of thioether (sulfide) groups is 1. The SMILES string of the molecule is O=C(Cn1c2c(sc1=O)C(c1ccccc1)C1C(=O)NC(=O)C1S2)Nc1ccccc1. The fourth-order valence-corrected chi connectivity index (χ4v) is 6.80. The van der Waals surface area contributed by atoms with Crippen molar-refractivity contribution in [3.8, 4) is 0 Å². The van der Waals surface area contributed by atoms with Crippen LogP contribution in [0.3, 0.4) is 0 Å². The van der Waals surface area contributed by atoms with Crippen molar-refractivity contribution < 1.29 is 14.4 Å². The van der Waals surface area contributed by atoms with E-state index in [1.165, 1.54) is 16.3 Å². The van der Waals surface area contributed by atoms with Crippen LogP contribution < -0.4 is 15.5 Å². The Morgan fingerprint density at radius 1 is 0.968 bits per heavy atom. The largest absolute Gasteiger partial charge is 0.325 e. The van der Waals surface area contributed by atoms with E-state index in [1.54, 1.807) is 12.1 Å². The van der Waals surface area contributed by atoms with Gasteiger partial charge in [-0.15, -0.1) is 0 Å². The van der Waals surface area contributed by atoms with Crippen molar-refractivity contribution in [3.05, 3.63) is 80.8 Å². The lowest BCUT2D eigenvalue weighted by Crippen LogP contribution is -2.32. The van der Waals surface area contributed by atoms with E-state index in [2.05, 4.69) is 10.6 Å². The number of hydrogen-bond donors (Lipinski definition) is 2. The predicted molar refractivity (Wildman–Crippen MR) is 118 cm³/mol. The molecule has 3 amide bonds. The topological polar surface area (TPSA) is 97.3 Å². The number of amides is 3. The fourth-order valence-electron chi connectivity index (χ4n) is 4.06. The normalized spacial score (nSPS) is 21.9. The Balaban J connectivity index is 1.54. The molecule has 0 saturated carbocycles. The van der Waals surface area contributed by atoms with Crippen LogP contribution in [0.4, 0.5) is 5.69 Å². The molecular formula is C22H17N3O4S2. The highest BCUT2D eigenvalue weighted by Gasteiger charge is 2.52. The van der Waals surface area contributed by atoms with Crippen LogP contribution in [0.2, 0.25) is 0 Å². The maximum Gasteiger partial charge on any atom is 0.308 e. The Hall–Kier alpha value is -3.17. The second-order valence-electron chi connectivity index (χ2n) is 7.34. The summed E-state index contributed by atoms with van der Waals surface area (Å²) in [7, 11) is 0. The summed E-state index contributed by atoms with van der Waals surface area (Å²) >= 11 is 2.23. The molecule has 31 heavy (non-hydrogen) atoms. The Morgan fingerprint density at radius 3 is 2.35 bits per heavy atom. The van der Waals surface area contributed by atoms with Gasteiger partial charge in [-0.25, -0.2) is 0 Å². The molecule has 2 aromatic carbocycles. The second-order valence-corrected chi connectivity index (χ2v) is 9.47. The maximum atomic E-state index is 12.9. The molecule has 3 unspecified atom stereocenters. The highest BCUT2D eigenvalue weighted by molar-refractivity contribution is 8.00. The van der Waals surface area contributed by atoms with Crippen LogP contribution in [0, 0.1) is 5.92 Å². The van der Waals surface area contributed by atoms with Gasteiger partial charge < -0.3 is 5.32 Å². The van der Waals surface area contributed by atoms with Crippen LogP contribution in [0.25, 0.3) is 0 Å². The summed E-state index contributed by atoms with van der Waals surface area (Å²) in [5, 5.41) is 5.16. The van der Waals surface area contributed by atoms with Crippen molar-refractivity contribution in [2.24, 2.45) is 5.92 Å². The van der Waals surface area contributed by atoms with E-state index in [0.717, 1.165) is 21.8 Å². The van der Waals surface area contributed by atoms with E-state index in [1.807, 2.05) is 48.5 Å². The van der Waals surface area contributed by atoms with Gasteiger partial charge in [0.25, 0.3) is 0 Å². The zero-order valence-corrected chi connectivity index (χ0v) is 17.7. The molecule has 3 atom stereocenters. The monoisotopic (exact) mass is 451 g/mol. The van der Waals surface area contributed by atoms with Gasteiger partial charge in [0, 0.05) is 16.5 Å². The van der Waals surface area contributed by atoms with Crippen LogP contribution in [0.1, 0.15) is 16.4 Å². The first-order valence-corrected chi connectivity index (χ1v) is 11.4. The number of carbonyl (C=O) groups is 3. The molecule has 3 heterocycles. The third-order valence-electron chi connectivity index (χ3n) is 5.41. The molecule has 2 aliphatic heterocycles. The molecule has 7 nitrogen and oxygen atoms in total. The molecule has 1 aromatic heterocycles. The molecule has 5 rings (SSSR count). The summed E-state index contributed by atoms with van der Waals surface area (Å²) in [5.74, 6) is -2.01. The van der Waals surface area contributed by atoms with Gasteiger partial charge in [-0.1, -0.05) is 71.6 Å². The lowest BCUT2D eigenvalue weighted by Gasteiger charge is -2.30. The number of aromatic nitrogens is 1. The summed E-state index contributed by atoms with van der Waals surface area (Å²) < 4.78 is 1.41. The highest BCUT2D eigenvalue weighted by Crippen LogP contribution is 2.51. The lowest BCUT2D eigenvalue weighted by atomic mass is 9.83. The first-order valence-electron chi connectivity index (χ1n) is 9.67. The minimum atomic E-state index is -0.636. The first-order chi connectivity index (χ1) is 15.0. The van der Waals surface area contributed by atoms with Gasteiger partial charge in [0.15, 0.2) is 0 Å². The first kappa shape index (κ1) is 19.8. The Kier molecular flexibility index (Phi) is 4.99. The van der Waals surface area contributed by atoms with Crippen LogP contribution in [-0.2, 0) is 20.9 Å². The molecule has 3 aromatic rings. The van der Waals surface area contributed by atoms with Gasteiger partial charge in [0.1, 0.15) is 11.8 Å². The summed E-state index contributed by atoms with van der Waals surface area (Å²) in [6.07, 6.45) is 0. The van der Waals surface area contributed by atoms with Crippen LogP contribution >= 0.6 is 23.1 Å². The Morgan fingerprint density at radius 2 is 1.65 bits per heavy atom. The molecule has 9 heteroatoms. The number of rotatable bonds is 4. The van der Waals surface area contributed by atoms with E-state index in [9.17, 15) is 19.2 Å². The minimum Gasteiger partial charge on any atom is -0.325 e. The lowest BCUT2D eigenvalue weighted by molar-refractivity contribution is -0.126. The second kappa shape index (κ2) is 7.82. The number of thiazole rings is 1. The van der Waals surface area contributed by atoms with Gasteiger partial charge in [-0.2, -0.15) is 0 Å². The third kappa shape index (κ3) is 3.49. The summed E-state index contributed by atoms with van der Waals surface area (Å²) in [6.45, 7) is -0.166. The van der Waals surface area contributed by atoms with Crippen molar-refractivity contribution in [2.45, 2.75) is 22.7 Å². The van der Waals surface area contributed by atoms with E-state index in [4.69, 9.17) is 0 Å². The van der Waals surface area contributed by atoms with Crippen molar-refractivity contribution >= 4 is 46.5 Å². The molecule has 156 valence electrons. The molecule has 0 aliphatic carbocycles. The van der Waals surface area contributed by atoms with Gasteiger partial charge in [0.05, 0.1) is 10.9 Å². The summed E-state index contributed by atoms with van der Waals surface area (Å²) in [4.78, 5) is 51.0. The van der Waals surface area contributed by atoms with Crippen molar-refractivity contribution in [2.75, 3.05) is 5.32 Å². The molecule has 0 bridgehead atoms. The molecular weight excluding hydrogens is 434 g/mol. The quantitative estimate of drug-likeness (QED) is 0.594. The van der Waals surface area contributed by atoms with E-state index in [-0.39, 0.29) is 29.1 Å². The number of nitrogens with one attached hydrogen (secondary N) is 2. The smallest absolute Gasteiger partial charge is 0.308 e. The average molecular weight is 452 g/mol. The van der Waals surface area contributed by atoms with Crippen molar-refractivity contribution in [1.29, 1.82) is 0 Å². The van der Waals surface area contributed by atoms with Crippen LogP contribution in [0.5, 0.6) is 0 Å². The fraction of sp³-hybridized carbons (Fsp3) is 0.182. The Labute approximate surface area is 185 Å². The van der Waals surface area contributed by atoms with Gasteiger partial charge in [-0.05, 0) is 17.7 Å². The zero-order valence-electron chi connectivity index (χ0n) is 16.1. The molecule has 0 radical (unpaired) electrons. The number of carbonyl (C=O) groups excluding carboxylic acids is 3. The molecule has 0 spiro atoms. The summed E-state index contributed by atoms with van der Waals surface area (Å²) in [6, 6.07) is 18.4. The molecule has 2 N–H and O–H groups in total. The molecule has 1 saturated heterocycles. The van der Waals surface area contributed by atoms with Crippen LogP contribution in [-0.4, -0.2) is 27.5 Å². The molecule has 1 fully saturated rings. The van der Waals surface area contributed by atoms with E-state index >= 15 is 0 Å².